The standard InChI is InChI=1S/C14H16F3N3/c15-14(16,17)12-6-10(3-4-11(12)13(18)19)20-7-8-1-2-9(20)5-8/h3-4,6,8-9H,1-2,5,7H2,(H3,18,19). The van der Waals surface area contributed by atoms with E-state index in [0.29, 0.717) is 17.6 Å². The van der Waals surface area contributed by atoms with Crippen LogP contribution in [0.25, 0.3) is 0 Å². The van der Waals surface area contributed by atoms with Gasteiger partial charge in [-0.1, -0.05) is 0 Å². The Morgan fingerprint density at radius 1 is 1.30 bits per heavy atom. The molecule has 0 spiro atoms. The number of piperidine rings is 1. The number of benzene rings is 1. The number of hydrogen-bond donors (Lipinski definition) is 2. The molecule has 0 radical (unpaired) electrons. The third-order valence-corrected chi connectivity index (χ3v) is 4.34. The number of amidine groups is 1. The molecule has 2 unspecified atom stereocenters. The zero-order valence-corrected chi connectivity index (χ0v) is 10.9. The minimum atomic E-state index is -4.49. The van der Waals surface area contributed by atoms with Crippen LogP contribution in [0.3, 0.4) is 0 Å². The van der Waals surface area contributed by atoms with Gasteiger partial charge in [0.25, 0.3) is 0 Å². The van der Waals surface area contributed by atoms with Gasteiger partial charge in [0.05, 0.1) is 5.56 Å². The van der Waals surface area contributed by atoms with Crippen LogP contribution in [0.5, 0.6) is 0 Å². The molecule has 2 fully saturated rings. The van der Waals surface area contributed by atoms with Gasteiger partial charge >= 0.3 is 6.18 Å². The van der Waals surface area contributed by atoms with Crippen LogP contribution < -0.4 is 10.6 Å². The Balaban J connectivity index is 2.00. The lowest BCUT2D eigenvalue weighted by Gasteiger charge is -2.30. The first-order valence-electron chi connectivity index (χ1n) is 6.68. The molecule has 1 saturated carbocycles. The molecule has 1 heterocycles. The van der Waals surface area contributed by atoms with Gasteiger partial charge in [-0.25, -0.2) is 0 Å². The maximum Gasteiger partial charge on any atom is 0.417 e. The Morgan fingerprint density at radius 3 is 2.55 bits per heavy atom. The normalized spacial score (nSPS) is 25.2. The molecule has 1 aromatic carbocycles. The Morgan fingerprint density at radius 2 is 2.05 bits per heavy atom. The zero-order valence-electron chi connectivity index (χ0n) is 10.9. The van der Waals surface area contributed by atoms with Crippen molar-refractivity contribution in [1.29, 1.82) is 5.41 Å². The van der Waals surface area contributed by atoms with Gasteiger partial charge in [0.1, 0.15) is 5.84 Å². The van der Waals surface area contributed by atoms with Crippen LogP contribution in [0, 0.1) is 11.3 Å². The van der Waals surface area contributed by atoms with E-state index in [1.807, 2.05) is 0 Å². The van der Waals surface area contributed by atoms with Crippen LogP contribution in [-0.4, -0.2) is 18.4 Å². The van der Waals surface area contributed by atoms with Crippen molar-refractivity contribution < 1.29 is 13.2 Å². The van der Waals surface area contributed by atoms with E-state index in [1.165, 1.54) is 12.5 Å². The topological polar surface area (TPSA) is 53.1 Å². The van der Waals surface area contributed by atoms with Crippen molar-refractivity contribution in [3.8, 4) is 0 Å². The number of nitrogens with one attached hydrogen (secondary N) is 1. The molecule has 1 aromatic rings. The molecule has 0 amide bonds. The van der Waals surface area contributed by atoms with E-state index in [4.69, 9.17) is 11.1 Å². The fourth-order valence-corrected chi connectivity index (χ4v) is 3.42. The van der Waals surface area contributed by atoms with E-state index in [-0.39, 0.29) is 5.56 Å². The second-order valence-corrected chi connectivity index (χ2v) is 5.63. The minimum absolute atomic E-state index is 0.245. The predicted octanol–water partition coefficient (Wildman–Crippen LogP) is 2.98. The summed E-state index contributed by atoms with van der Waals surface area (Å²) in [5, 5.41) is 7.28. The van der Waals surface area contributed by atoms with E-state index in [0.717, 1.165) is 25.5 Å². The Labute approximate surface area is 115 Å². The number of nitrogens with zero attached hydrogens (tertiary/aromatic N) is 1. The van der Waals surface area contributed by atoms with Crippen LogP contribution in [0.1, 0.15) is 30.4 Å². The highest BCUT2D eigenvalue weighted by Crippen LogP contribution is 2.42. The third-order valence-electron chi connectivity index (χ3n) is 4.34. The van der Waals surface area contributed by atoms with Crippen LogP contribution in [-0.2, 0) is 6.18 Å². The van der Waals surface area contributed by atoms with Gasteiger partial charge in [-0.05, 0) is 43.4 Å². The van der Waals surface area contributed by atoms with E-state index in [9.17, 15) is 13.2 Å². The molecule has 1 aliphatic carbocycles. The number of anilines is 1. The number of halogens is 3. The van der Waals surface area contributed by atoms with Crippen LogP contribution in [0.2, 0.25) is 0 Å². The number of alkyl halides is 3. The zero-order chi connectivity index (χ0) is 14.5. The van der Waals surface area contributed by atoms with Crippen LogP contribution in [0.15, 0.2) is 18.2 Å². The highest BCUT2D eigenvalue weighted by molar-refractivity contribution is 5.97. The highest BCUT2D eigenvalue weighted by atomic mass is 19.4. The average molecular weight is 283 g/mol. The van der Waals surface area contributed by atoms with E-state index < -0.39 is 17.6 Å². The van der Waals surface area contributed by atoms with Crippen molar-refractivity contribution in [3.63, 3.8) is 0 Å². The second kappa shape index (κ2) is 4.40. The first kappa shape index (κ1) is 13.3. The number of rotatable bonds is 2. The molecule has 3 rings (SSSR count). The molecule has 2 bridgehead atoms. The molecule has 3 nitrogen and oxygen atoms in total. The van der Waals surface area contributed by atoms with Crippen LogP contribution >= 0.6 is 0 Å². The highest BCUT2D eigenvalue weighted by Gasteiger charge is 2.39. The number of nitrogen functional groups attached to an aromatic ring is 1. The fraction of sp³-hybridized carbons (Fsp3) is 0.500. The summed E-state index contributed by atoms with van der Waals surface area (Å²) in [5.74, 6) is 0.0636. The van der Waals surface area contributed by atoms with Gasteiger partial charge in [-0.2, -0.15) is 13.2 Å². The van der Waals surface area contributed by atoms with Gasteiger partial charge in [0, 0.05) is 23.8 Å². The molecule has 2 atom stereocenters. The second-order valence-electron chi connectivity index (χ2n) is 5.63. The first-order valence-corrected chi connectivity index (χ1v) is 6.68. The lowest BCUT2D eigenvalue weighted by Crippen LogP contribution is -2.32. The molecule has 108 valence electrons. The lowest BCUT2D eigenvalue weighted by molar-refractivity contribution is -0.137. The maximum atomic E-state index is 13.1. The predicted molar refractivity (Wildman–Crippen MR) is 70.9 cm³/mol. The quantitative estimate of drug-likeness (QED) is 0.647. The van der Waals surface area contributed by atoms with Gasteiger partial charge in [0.15, 0.2) is 0 Å². The molecule has 0 aromatic heterocycles. The summed E-state index contributed by atoms with van der Waals surface area (Å²) in [5.41, 5.74) is 4.78. The Hall–Kier alpha value is -1.72. The van der Waals surface area contributed by atoms with Crippen LogP contribution in [0.4, 0.5) is 18.9 Å². The molecule has 1 saturated heterocycles. The van der Waals surface area contributed by atoms with Crippen molar-refractivity contribution in [2.75, 3.05) is 11.4 Å². The smallest absolute Gasteiger partial charge is 0.384 e. The fourth-order valence-electron chi connectivity index (χ4n) is 3.42. The summed E-state index contributed by atoms with van der Waals surface area (Å²) in [7, 11) is 0. The number of hydrogen-bond acceptors (Lipinski definition) is 2. The maximum absolute atomic E-state index is 13.1. The Kier molecular flexibility index (Phi) is 2.92. The third kappa shape index (κ3) is 2.13. The average Bonchev–Trinajstić information content (AvgIpc) is 2.99. The van der Waals surface area contributed by atoms with E-state index in [2.05, 4.69) is 4.90 Å². The summed E-state index contributed by atoms with van der Waals surface area (Å²) < 4.78 is 39.3. The summed E-state index contributed by atoms with van der Waals surface area (Å²) in [6, 6.07) is 4.46. The van der Waals surface area contributed by atoms with Gasteiger partial charge in [-0.3, -0.25) is 5.41 Å². The summed E-state index contributed by atoms with van der Waals surface area (Å²) >= 11 is 0. The molecule has 3 N–H and O–H groups in total. The largest absolute Gasteiger partial charge is 0.417 e. The molecule has 1 aliphatic heterocycles. The minimum Gasteiger partial charge on any atom is -0.384 e. The monoisotopic (exact) mass is 283 g/mol. The van der Waals surface area contributed by atoms with Crippen molar-refractivity contribution in [1.82, 2.24) is 0 Å². The van der Waals surface area contributed by atoms with Crippen molar-refractivity contribution in [2.45, 2.75) is 31.5 Å². The molecule has 6 heteroatoms. The molecule has 2 aliphatic rings. The lowest BCUT2D eigenvalue weighted by atomic mass is 10.0. The van der Waals surface area contributed by atoms with Crippen molar-refractivity contribution in [3.05, 3.63) is 29.3 Å². The summed E-state index contributed by atoms with van der Waals surface area (Å²) in [6.07, 6.45) is -1.18. The van der Waals surface area contributed by atoms with E-state index in [1.54, 1.807) is 6.07 Å². The van der Waals surface area contributed by atoms with Gasteiger partial charge < -0.3 is 10.6 Å². The first-order chi connectivity index (χ1) is 9.36. The summed E-state index contributed by atoms with van der Waals surface area (Å²) in [4.78, 5) is 2.06. The summed E-state index contributed by atoms with van der Waals surface area (Å²) in [6.45, 7) is 0.835. The Bertz CT molecular complexity index is 553. The molecule has 20 heavy (non-hydrogen) atoms. The molecular weight excluding hydrogens is 267 g/mol. The van der Waals surface area contributed by atoms with E-state index >= 15 is 0 Å². The number of fused-ring (bicyclic) bond motifs is 2. The SMILES string of the molecule is N=C(N)c1ccc(N2CC3CCC2C3)cc1C(F)(F)F. The van der Waals surface area contributed by atoms with Crippen molar-refractivity contribution in [2.24, 2.45) is 11.7 Å². The molecular formula is C14H16F3N3. The number of nitrogens with two attached hydrogens (primary N) is 1. The van der Waals surface area contributed by atoms with Gasteiger partial charge in [-0.15, -0.1) is 0 Å². The van der Waals surface area contributed by atoms with Gasteiger partial charge in [0.2, 0.25) is 0 Å². The van der Waals surface area contributed by atoms with Crippen molar-refractivity contribution >= 4 is 11.5 Å².